The van der Waals surface area contributed by atoms with Gasteiger partial charge in [-0.2, -0.15) is 10.2 Å². The summed E-state index contributed by atoms with van der Waals surface area (Å²) in [5.74, 6) is -2.94. The summed E-state index contributed by atoms with van der Waals surface area (Å²) in [4.78, 5) is 0. The van der Waals surface area contributed by atoms with Crippen LogP contribution in [0.15, 0.2) is 30.6 Å². The number of halogens is 2. The lowest BCUT2D eigenvalue weighted by molar-refractivity contribution is 0.396. The Bertz CT molecular complexity index is 533. The van der Waals surface area contributed by atoms with Gasteiger partial charge < -0.3 is 5.11 Å². The van der Waals surface area contributed by atoms with Crippen molar-refractivity contribution in [3.8, 4) is 5.75 Å². The maximum atomic E-state index is 13.0. The van der Waals surface area contributed by atoms with Gasteiger partial charge >= 0.3 is 0 Å². The number of aromatic hydroxyl groups is 1. The average molecular weight is 234 g/mol. The zero-order valence-electron chi connectivity index (χ0n) is 8.64. The van der Waals surface area contributed by atoms with E-state index in [1.165, 1.54) is 18.5 Å². The third-order valence-corrected chi connectivity index (χ3v) is 2.11. The summed E-state index contributed by atoms with van der Waals surface area (Å²) in [5.41, 5.74) is 1.07. The minimum atomic E-state index is -0.988. The molecule has 0 bridgehead atoms. The van der Waals surface area contributed by atoms with Gasteiger partial charge in [0.25, 0.3) is 0 Å². The maximum Gasteiger partial charge on any atom is 0.187 e. The monoisotopic (exact) mass is 234 g/mol. The average Bonchev–Trinajstić information content (AvgIpc) is 2.34. The second kappa shape index (κ2) is 4.69. The van der Waals surface area contributed by atoms with Crippen LogP contribution in [0.1, 0.15) is 11.1 Å². The predicted molar refractivity (Wildman–Crippen MR) is 59.0 cm³/mol. The molecular formula is C12H8F2N2O. The fourth-order valence-corrected chi connectivity index (χ4v) is 1.27. The van der Waals surface area contributed by atoms with E-state index in [2.05, 4.69) is 10.2 Å². The summed E-state index contributed by atoms with van der Waals surface area (Å²) >= 11 is 0. The lowest BCUT2D eigenvalue weighted by Gasteiger charge is -1.99. The molecule has 0 saturated heterocycles. The normalized spacial score (nSPS) is 10.9. The number of phenolic OH excluding ortho intramolecular Hbond substituents is 1. The summed E-state index contributed by atoms with van der Waals surface area (Å²) in [5, 5.41) is 16.2. The molecular weight excluding hydrogens is 226 g/mol. The summed E-state index contributed by atoms with van der Waals surface area (Å²) in [6.07, 6.45) is 6.18. The van der Waals surface area contributed by atoms with E-state index in [1.54, 1.807) is 12.1 Å². The van der Waals surface area contributed by atoms with Gasteiger partial charge in [0, 0.05) is 0 Å². The van der Waals surface area contributed by atoms with E-state index in [4.69, 9.17) is 5.11 Å². The van der Waals surface area contributed by atoms with Crippen LogP contribution in [-0.4, -0.2) is 15.3 Å². The highest BCUT2D eigenvalue weighted by molar-refractivity contribution is 5.69. The van der Waals surface area contributed by atoms with Crippen molar-refractivity contribution >= 4 is 12.2 Å². The lowest BCUT2D eigenvalue weighted by atomic mass is 10.1. The third-order valence-electron chi connectivity index (χ3n) is 2.11. The predicted octanol–water partition coefficient (Wildman–Crippen LogP) is 2.63. The van der Waals surface area contributed by atoms with Crippen molar-refractivity contribution in [3.63, 3.8) is 0 Å². The molecule has 0 amide bonds. The molecule has 5 heteroatoms. The van der Waals surface area contributed by atoms with Crippen LogP contribution in [0.2, 0.25) is 0 Å². The Hall–Kier alpha value is -2.30. The highest BCUT2D eigenvalue weighted by Gasteiger charge is 2.07. The Balaban J connectivity index is 2.28. The second-order valence-electron chi connectivity index (χ2n) is 3.34. The number of hydrogen-bond acceptors (Lipinski definition) is 3. The Labute approximate surface area is 96.1 Å². The highest BCUT2D eigenvalue weighted by atomic mass is 19.1. The molecule has 2 rings (SSSR count). The first-order valence-electron chi connectivity index (χ1n) is 4.79. The van der Waals surface area contributed by atoms with E-state index in [0.29, 0.717) is 5.56 Å². The molecule has 0 unspecified atom stereocenters. The smallest absolute Gasteiger partial charge is 0.187 e. The molecule has 0 spiro atoms. The number of nitrogens with zero attached hydrogens (tertiary/aromatic N) is 2. The lowest BCUT2D eigenvalue weighted by Crippen LogP contribution is -1.85. The fourth-order valence-electron chi connectivity index (χ4n) is 1.27. The molecule has 0 aliphatic rings. The third kappa shape index (κ3) is 2.63. The van der Waals surface area contributed by atoms with Crippen molar-refractivity contribution in [1.29, 1.82) is 0 Å². The van der Waals surface area contributed by atoms with Crippen LogP contribution in [0.4, 0.5) is 8.78 Å². The van der Waals surface area contributed by atoms with Crippen molar-refractivity contribution in [2.45, 2.75) is 0 Å². The van der Waals surface area contributed by atoms with Crippen molar-refractivity contribution in [1.82, 2.24) is 10.2 Å². The molecule has 0 atom stereocenters. The Morgan fingerprint density at radius 3 is 2.24 bits per heavy atom. The van der Waals surface area contributed by atoms with Crippen LogP contribution in [0.25, 0.3) is 12.2 Å². The van der Waals surface area contributed by atoms with Crippen LogP contribution < -0.4 is 0 Å². The molecule has 0 aliphatic carbocycles. The van der Waals surface area contributed by atoms with Crippen LogP contribution in [0.5, 0.6) is 5.75 Å². The molecule has 3 nitrogen and oxygen atoms in total. The number of benzene rings is 1. The van der Waals surface area contributed by atoms with E-state index >= 15 is 0 Å². The van der Waals surface area contributed by atoms with E-state index in [1.807, 2.05) is 0 Å². The minimum Gasteiger partial charge on any atom is -0.503 e. The summed E-state index contributed by atoms with van der Waals surface area (Å²) in [7, 11) is 0. The highest BCUT2D eigenvalue weighted by Crippen LogP contribution is 2.22. The molecule has 0 fully saturated rings. The van der Waals surface area contributed by atoms with E-state index < -0.39 is 17.4 Å². The van der Waals surface area contributed by atoms with Gasteiger partial charge in [-0.15, -0.1) is 0 Å². The van der Waals surface area contributed by atoms with Gasteiger partial charge in [-0.25, -0.2) is 8.78 Å². The van der Waals surface area contributed by atoms with Gasteiger partial charge in [0.2, 0.25) is 0 Å². The number of rotatable bonds is 2. The molecule has 0 saturated carbocycles. The summed E-state index contributed by atoms with van der Waals surface area (Å²) in [6, 6.07) is 3.80. The van der Waals surface area contributed by atoms with Crippen molar-refractivity contribution in [2.24, 2.45) is 0 Å². The Morgan fingerprint density at radius 2 is 1.65 bits per heavy atom. The topological polar surface area (TPSA) is 46.0 Å². The molecule has 0 aliphatic heterocycles. The van der Waals surface area contributed by atoms with Crippen molar-refractivity contribution < 1.29 is 13.9 Å². The van der Waals surface area contributed by atoms with Gasteiger partial charge in [-0.3, -0.25) is 0 Å². The number of phenols is 1. The first-order chi connectivity index (χ1) is 8.16. The van der Waals surface area contributed by atoms with Crippen LogP contribution in [0.3, 0.4) is 0 Å². The summed E-state index contributed by atoms with van der Waals surface area (Å²) in [6.45, 7) is 0. The largest absolute Gasteiger partial charge is 0.503 e. The fraction of sp³-hybridized carbons (Fsp3) is 0. The molecule has 1 aromatic heterocycles. The Morgan fingerprint density at radius 1 is 1.00 bits per heavy atom. The number of hydrogen-bond donors (Lipinski definition) is 1. The van der Waals surface area contributed by atoms with Crippen LogP contribution in [-0.2, 0) is 0 Å². The van der Waals surface area contributed by atoms with Gasteiger partial charge in [0.1, 0.15) is 0 Å². The van der Waals surface area contributed by atoms with Gasteiger partial charge in [0.05, 0.1) is 12.4 Å². The summed E-state index contributed by atoms with van der Waals surface area (Å²) < 4.78 is 26.0. The second-order valence-corrected chi connectivity index (χ2v) is 3.34. The quantitative estimate of drug-likeness (QED) is 0.868. The molecule has 2 aromatic rings. The van der Waals surface area contributed by atoms with Gasteiger partial charge in [-0.1, -0.05) is 12.2 Å². The zero-order valence-corrected chi connectivity index (χ0v) is 8.64. The van der Waals surface area contributed by atoms with Crippen LogP contribution in [0, 0.1) is 11.6 Å². The molecule has 1 aromatic carbocycles. The maximum absolute atomic E-state index is 13.0. The van der Waals surface area contributed by atoms with Crippen molar-refractivity contribution in [3.05, 3.63) is 53.4 Å². The minimum absolute atomic E-state index is 0.314. The molecule has 86 valence electrons. The first-order valence-corrected chi connectivity index (χ1v) is 4.79. The molecule has 17 heavy (non-hydrogen) atoms. The first kappa shape index (κ1) is 11.2. The molecule has 1 heterocycles. The van der Waals surface area contributed by atoms with Crippen LogP contribution >= 0.6 is 0 Å². The van der Waals surface area contributed by atoms with Crippen molar-refractivity contribution in [2.75, 3.05) is 0 Å². The number of aromatic nitrogens is 2. The van der Waals surface area contributed by atoms with Gasteiger partial charge in [0.15, 0.2) is 17.4 Å². The standard InChI is InChI=1S/C12H8F2N2O/c13-10-5-9(6-11(14)12(10)17)2-1-8-3-4-15-16-7-8/h1-7,17H. The molecule has 0 radical (unpaired) electrons. The Kier molecular flexibility index (Phi) is 3.09. The van der Waals surface area contributed by atoms with E-state index in [-0.39, 0.29) is 0 Å². The van der Waals surface area contributed by atoms with E-state index in [0.717, 1.165) is 17.7 Å². The molecule has 1 N–H and O–H groups in total. The van der Waals surface area contributed by atoms with Gasteiger partial charge in [-0.05, 0) is 29.3 Å². The SMILES string of the molecule is Oc1c(F)cc(C=Cc2ccnnc2)cc1F. The zero-order chi connectivity index (χ0) is 12.3. The van der Waals surface area contributed by atoms with E-state index in [9.17, 15) is 8.78 Å².